The molecular weight excluding hydrogens is 301 g/mol. The normalized spacial score (nSPS) is 15.2. The summed E-state index contributed by atoms with van der Waals surface area (Å²) in [5, 5.41) is 12.7. The highest BCUT2D eigenvalue weighted by Crippen LogP contribution is 2.26. The highest BCUT2D eigenvalue weighted by Gasteiger charge is 2.23. The third-order valence-electron chi connectivity index (χ3n) is 4.04. The smallest absolute Gasteiger partial charge is 0.317 e. The predicted octanol–water partition coefficient (Wildman–Crippen LogP) is 5.16. The Morgan fingerprint density at radius 1 is 1.05 bits per heavy atom. The number of unbranched alkanes of at least 4 members (excludes halogenated alkanes) is 6. The zero-order valence-corrected chi connectivity index (χ0v) is 15.4. The van der Waals surface area contributed by atoms with Gasteiger partial charge in [-0.25, -0.2) is 0 Å². The summed E-state index contributed by atoms with van der Waals surface area (Å²) < 4.78 is 15.8. The largest absolute Gasteiger partial charge is 0.411 e. The molecule has 0 aromatic heterocycles. The van der Waals surface area contributed by atoms with Crippen molar-refractivity contribution in [2.75, 3.05) is 0 Å². The van der Waals surface area contributed by atoms with E-state index in [1.165, 1.54) is 38.5 Å². The van der Waals surface area contributed by atoms with Gasteiger partial charge in [-0.2, -0.15) is 0 Å². The van der Waals surface area contributed by atoms with Gasteiger partial charge in [-0.15, -0.1) is 0 Å². The number of hydrogen-bond acceptors (Lipinski definition) is 4. The molecule has 0 saturated carbocycles. The van der Waals surface area contributed by atoms with Crippen LogP contribution in [0.25, 0.3) is 0 Å². The van der Waals surface area contributed by atoms with Gasteiger partial charge in [0.15, 0.2) is 0 Å². The van der Waals surface area contributed by atoms with Crippen LogP contribution < -0.4 is 0 Å². The standard InChI is InChI=1S/C16H34NO4P/c1-4-6-8-10-12-15(13-11-9-7-5-2)16(17-18)14(3)21-22(19)20/h14-15,18,22H,4-13H2,1-3H3,(H,19,20). The monoisotopic (exact) mass is 335 g/mol. The second kappa shape index (κ2) is 14.2. The van der Waals surface area contributed by atoms with Gasteiger partial charge in [-0.05, 0) is 19.8 Å². The van der Waals surface area contributed by atoms with Crippen LogP contribution in [0.3, 0.4) is 0 Å². The van der Waals surface area contributed by atoms with Crippen molar-refractivity contribution in [2.24, 2.45) is 11.1 Å². The van der Waals surface area contributed by atoms with Gasteiger partial charge in [0.1, 0.15) is 6.10 Å². The van der Waals surface area contributed by atoms with Crippen molar-refractivity contribution >= 4 is 14.0 Å². The van der Waals surface area contributed by atoms with Crippen LogP contribution >= 0.6 is 8.25 Å². The lowest BCUT2D eigenvalue weighted by Crippen LogP contribution is -2.27. The fraction of sp³-hybridized carbons (Fsp3) is 0.938. The van der Waals surface area contributed by atoms with E-state index in [0.29, 0.717) is 5.71 Å². The molecular formula is C16H34NO4P. The Morgan fingerprint density at radius 3 is 1.91 bits per heavy atom. The summed E-state index contributed by atoms with van der Waals surface area (Å²) in [6.07, 6.45) is 10.6. The predicted molar refractivity (Wildman–Crippen MR) is 92.0 cm³/mol. The molecule has 0 radical (unpaired) electrons. The minimum Gasteiger partial charge on any atom is -0.411 e. The molecule has 0 spiro atoms. The van der Waals surface area contributed by atoms with Gasteiger partial charge in [0, 0.05) is 5.92 Å². The minimum atomic E-state index is -3.02. The number of oxime groups is 1. The lowest BCUT2D eigenvalue weighted by molar-refractivity contribution is 0.237. The average molecular weight is 335 g/mol. The van der Waals surface area contributed by atoms with Crippen molar-refractivity contribution in [2.45, 2.75) is 91.1 Å². The molecule has 132 valence electrons. The van der Waals surface area contributed by atoms with Crippen molar-refractivity contribution < 1.29 is 19.2 Å². The van der Waals surface area contributed by atoms with E-state index in [9.17, 15) is 9.77 Å². The second-order valence-electron chi connectivity index (χ2n) is 5.95. The Morgan fingerprint density at radius 2 is 1.55 bits per heavy atom. The van der Waals surface area contributed by atoms with Crippen LogP contribution in [0.1, 0.15) is 85.0 Å². The molecule has 2 unspecified atom stereocenters. The molecule has 0 amide bonds. The number of nitrogens with zero attached hydrogens (tertiary/aromatic N) is 1. The number of hydrogen-bond donors (Lipinski definition) is 2. The lowest BCUT2D eigenvalue weighted by atomic mass is 9.88. The van der Waals surface area contributed by atoms with Gasteiger partial charge in [0.25, 0.3) is 0 Å². The molecule has 2 atom stereocenters. The van der Waals surface area contributed by atoms with E-state index in [-0.39, 0.29) is 5.92 Å². The quantitative estimate of drug-likeness (QED) is 0.151. The maximum atomic E-state index is 10.9. The third kappa shape index (κ3) is 10.4. The first-order valence-electron chi connectivity index (χ1n) is 8.68. The Labute approximate surface area is 136 Å². The van der Waals surface area contributed by atoms with Gasteiger partial charge >= 0.3 is 8.25 Å². The van der Waals surface area contributed by atoms with E-state index >= 15 is 0 Å². The Hall–Kier alpha value is -0.380. The van der Waals surface area contributed by atoms with Gasteiger partial charge < -0.3 is 14.6 Å². The molecule has 0 rings (SSSR count). The van der Waals surface area contributed by atoms with Crippen molar-refractivity contribution in [3.8, 4) is 0 Å². The van der Waals surface area contributed by atoms with Crippen molar-refractivity contribution in [1.82, 2.24) is 0 Å². The van der Waals surface area contributed by atoms with E-state index in [0.717, 1.165) is 25.7 Å². The molecule has 0 aliphatic carbocycles. The molecule has 0 heterocycles. The van der Waals surface area contributed by atoms with Crippen LogP contribution in [0.5, 0.6) is 0 Å². The van der Waals surface area contributed by atoms with E-state index in [2.05, 4.69) is 19.0 Å². The van der Waals surface area contributed by atoms with Gasteiger partial charge in [0.05, 0.1) is 5.71 Å². The Bertz CT molecular complexity index is 311. The third-order valence-corrected chi connectivity index (χ3v) is 4.60. The van der Waals surface area contributed by atoms with E-state index in [4.69, 9.17) is 9.42 Å². The maximum absolute atomic E-state index is 10.9. The average Bonchev–Trinajstić information content (AvgIpc) is 2.47. The van der Waals surface area contributed by atoms with Crippen molar-refractivity contribution in [3.63, 3.8) is 0 Å². The topological polar surface area (TPSA) is 79.1 Å². The van der Waals surface area contributed by atoms with Crippen LogP contribution in [-0.2, 0) is 9.09 Å². The molecule has 0 aliphatic heterocycles. The van der Waals surface area contributed by atoms with E-state index < -0.39 is 14.4 Å². The van der Waals surface area contributed by atoms with Gasteiger partial charge in [-0.1, -0.05) is 70.4 Å². The van der Waals surface area contributed by atoms with Crippen LogP contribution in [0.4, 0.5) is 0 Å². The molecule has 22 heavy (non-hydrogen) atoms. The van der Waals surface area contributed by atoms with E-state index in [1.54, 1.807) is 6.92 Å². The fourth-order valence-electron chi connectivity index (χ4n) is 2.78. The van der Waals surface area contributed by atoms with Crippen LogP contribution in [-0.4, -0.2) is 21.9 Å². The molecule has 2 N–H and O–H groups in total. The van der Waals surface area contributed by atoms with Crippen LogP contribution in [0, 0.1) is 5.92 Å². The lowest BCUT2D eigenvalue weighted by Gasteiger charge is -2.22. The first-order chi connectivity index (χ1) is 10.6. The highest BCUT2D eigenvalue weighted by molar-refractivity contribution is 7.32. The van der Waals surface area contributed by atoms with Crippen molar-refractivity contribution in [1.29, 1.82) is 0 Å². The SMILES string of the molecule is CCCCCCC(CCCCCC)C(=NO)C(C)O[PH](=O)O. The molecule has 6 heteroatoms. The van der Waals surface area contributed by atoms with Gasteiger partial charge in [-0.3, -0.25) is 4.57 Å². The Balaban J connectivity index is 4.58. The summed E-state index contributed by atoms with van der Waals surface area (Å²) in [6.45, 7) is 6.04. The second-order valence-corrected chi connectivity index (χ2v) is 6.71. The summed E-state index contributed by atoms with van der Waals surface area (Å²) in [5.74, 6) is 0.134. The Kier molecular flexibility index (Phi) is 14.0. The minimum absolute atomic E-state index is 0.134. The summed E-state index contributed by atoms with van der Waals surface area (Å²) in [4.78, 5) is 8.93. The fourth-order valence-corrected chi connectivity index (χ4v) is 3.20. The maximum Gasteiger partial charge on any atom is 0.317 e. The molecule has 0 bridgehead atoms. The zero-order valence-electron chi connectivity index (χ0n) is 14.4. The van der Waals surface area contributed by atoms with E-state index in [1.807, 2.05) is 0 Å². The summed E-state index contributed by atoms with van der Waals surface area (Å²) >= 11 is 0. The molecule has 0 aromatic rings. The summed E-state index contributed by atoms with van der Waals surface area (Å²) in [6, 6.07) is 0. The van der Waals surface area contributed by atoms with Crippen LogP contribution in [0.15, 0.2) is 5.16 Å². The first kappa shape index (κ1) is 21.6. The molecule has 0 aliphatic rings. The number of rotatable bonds is 14. The highest BCUT2D eigenvalue weighted by atomic mass is 31.1. The molecule has 5 nitrogen and oxygen atoms in total. The van der Waals surface area contributed by atoms with Gasteiger partial charge in [0.2, 0.25) is 0 Å². The van der Waals surface area contributed by atoms with Crippen molar-refractivity contribution in [3.05, 3.63) is 0 Å². The molecule has 0 aromatic carbocycles. The molecule has 0 fully saturated rings. The summed E-state index contributed by atoms with van der Waals surface area (Å²) in [7, 11) is -3.02. The zero-order chi connectivity index (χ0) is 16.8. The summed E-state index contributed by atoms with van der Waals surface area (Å²) in [5.41, 5.74) is 0.514. The molecule has 0 saturated heterocycles. The first-order valence-corrected chi connectivity index (χ1v) is 9.94. The van der Waals surface area contributed by atoms with Crippen LogP contribution in [0.2, 0.25) is 0 Å².